The molecule has 0 spiro atoms. The van der Waals surface area contributed by atoms with E-state index in [1.54, 1.807) is 12.3 Å². The summed E-state index contributed by atoms with van der Waals surface area (Å²) in [5, 5.41) is 6.95. The molecule has 2 heterocycles. The monoisotopic (exact) mass is 299 g/mol. The van der Waals surface area contributed by atoms with Crippen LogP contribution in [0, 0.1) is 0 Å². The minimum absolute atomic E-state index is 0.113. The summed E-state index contributed by atoms with van der Waals surface area (Å²) in [5.74, 6) is 1.33. The van der Waals surface area contributed by atoms with Gasteiger partial charge in [-0.2, -0.15) is 5.10 Å². The van der Waals surface area contributed by atoms with E-state index in [1.165, 1.54) is 6.08 Å². The van der Waals surface area contributed by atoms with Gasteiger partial charge in [0.2, 0.25) is 12.7 Å². The number of nitrogens with zero attached hydrogens (tertiary/aromatic N) is 2. The van der Waals surface area contributed by atoms with Crippen molar-refractivity contribution < 1.29 is 14.3 Å². The van der Waals surface area contributed by atoms with E-state index in [9.17, 15) is 4.79 Å². The molecule has 114 valence electrons. The number of hydrogen-bond acceptors (Lipinski definition) is 4. The standard InChI is InChI=1S/C16H17N3O3/c20-16(17-7-1-9-19-10-2-8-18-19)6-4-13-3-5-14-15(11-13)22-12-21-14/h2-6,8,10-11H,1,7,9,12H2,(H,17,20)/b6-4+. The maximum absolute atomic E-state index is 11.7. The molecular weight excluding hydrogens is 282 g/mol. The Morgan fingerprint density at radius 2 is 2.27 bits per heavy atom. The lowest BCUT2D eigenvalue weighted by atomic mass is 10.2. The molecule has 1 aromatic carbocycles. The van der Waals surface area contributed by atoms with E-state index in [4.69, 9.17) is 9.47 Å². The van der Waals surface area contributed by atoms with Crippen molar-refractivity contribution in [3.63, 3.8) is 0 Å². The third kappa shape index (κ3) is 3.66. The van der Waals surface area contributed by atoms with Gasteiger partial charge in [0.1, 0.15) is 0 Å². The minimum atomic E-state index is -0.113. The highest BCUT2D eigenvalue weighted by Crippen LogP contribution is 2.32. The summed E-state index contributed by atoms with van der Waals surface area (Å²) in [7, 11) is 0. The number of rotatable bonds is 6. The Kier molecular flexibility index (Phi) is 4.38. The van der Waals surface area contributed by atoms with E-state index < -0.39 is 0 Å². The molecular formula is C16H17N3O3. The Hall–Kier alpha value is -2.76. The smallest absolute Gasteiger partial charge is 0.244 e. The van der Waals surface area contributed by atoms with Crippen LogP contribution < -0.4 is 14.8 Å². The molecule has 0 bridgehead atoms. The first-order chi connectivity index (χ1) is 10.8. The fourth-order valence-corrected chi connectivity index (χ4v) is 2.13. The molecule has 1 amide bonds. The van der Waals surface area contributed by atoms with Crippen molar-refractivity contribution in [2.45, 2.75) is 13.0 Å². The van der Waals surface area contributed by atoms with Crippen molar-refractivity contribution in [3.8, 4) is 11.5 Å². The fraction of sp³-hybridized carbons (Fsp3) is 0.250. The number of aryl methyl sites for hydroxylation is 1. The van der Waals surface area contributed by atoms with Crippen LogP contribution in [0.25, 0.3) is 6.08 Å². The summed E-state index contributed by atoms with van der Waals surface area (Å²) < 4.78 is 12.4. The third-order valence-corrected chi connectivity index (χ3v) is 3.25. The van der Waals surface area contributed by atoms with E-state index >= 15 is 0 Å². The molecule has 6 nitrogen and oxygen atoms in total. The lowest BCUT2D eigenvalue weighted by Gasteiger charge is -2.03. The molecule has 1 N–H and O–H groups in total. The fourth-order valence-electron chi connectivity index (χ4n) is 2.13. The van der Waals surface area contributed by atoms with Crippen LogP contribution in [0.15, 0.2) is 42.7 Å². The molecule has 0 saturated carbocycles. The zero-order chi connectivity index (χ0) is 15.2. The molecule has 0 atom stereocenters. The molecule has 1 aliphatic heterocycles. The Morgan fingerprint density at radius 3 is 3.14 bits per heavy atom. The van der Waals surface area contributed by atoms with E-state index in [0.717, 1.165) is 24.3 Å². The van der Waals surface area contributed by atoms with Gasteiger partial charge >= 0.3 is 0 Å². The maximum Gasteiger partial charge on any atom is 0.244 e. The Labute approximate surface area is 128 Å². The first-order valence-electron chi connectivity index (χ1n) is 7.14. The molecule has 0 saturated heterocycles. The van der Waals surface area contributed by atoms with Gasteiger partial charge in [-0.25, -0.2) is 0 Å². The first kappa shape index (κ1) is 14.2. The molecule has 0 aliphatic carbocycles. The average Bonchev–Trinajstić information content (AvgIpc) is 3.20. The molecule has 2 aromatic rings. The van der Waals surface area contributed by atoms with Crippen molar-refractivity contribution in [3.05, 3.63) is 48.3 Å². The Morgan fingerprint density at radius 1 is 1.36 bits per heavy atom. The van der Waals surface area contributed by atoms with Gasteiger partial charge in [0.15, 0.2) is 11.5 Å². The number of fused-ring (bicyclic) bond motifs is 1. The summed E-state index contributed by atoms with van der Waals surface area (Å²) >= 11 is 0. The van der Waals surface area contributed by atoms with Crippen LogP contribution in [0.5, 0.6) is 11.5 Å². The molecule has 6 heteroatoms. The lowest BCUT2D eigenvalue weighted by molar-refractivity contribution is -0.116. The van der Waals surface area contributed by atoms with Crippen molar-refractivity contribution in [2.75, 3.05) is 13.3 Å². The largest absolute Gasteiger partial charge is 0.454 e. The number of benzene rings is 1. The number of nitrogens with one attached hydrogen (secondary N) is 1. The second-order valence-corrected chi connectivity index (χ2v) is 4.86. The molecule has 3 rings (SSSR count). The second-order valence-electron chi connectivity index (χ2n) is 4.86. The van der Waals surface area contributed by atoms with Crippen LogP contribution in [0.2, 0.25) is 0 Å². The average molecular weight is 299 g/mol. The topological polar surface area (TPSA) is 65.4 Å². The predicted molar refractivity (Wildman–Crippen MR) is 81.5 cm³/mol. The minimum Gasteiger partial charge on any atom is -0.454 e. The maximum atomic E-state index is 11.7. The summed E-state index contributed by atoms with van der Waals surface area (Å²) in [6.07, 6.45) is 7.76. The van der Waals surface area contributed by atoms with Gasteiger partial charge in [0.05, 0.1) is 0 Å². The van der Waals surface area contributed by atoms with E-state index in [0.29, 0.717) is 12.3 Å². The SMILES string of the molecule is O=C(/C=C/c1ccc2c(c1)OCO2)NCCCn1cccn1. The number of hydrogen-bond donors (Lipinski definition) is 1. The van der Waals surface area contributed by atoms with Crippen LogP contribution >= 0.6 is 0 Å². The Balaban J connectivity index is 1.43. The number of ether oxygens (including phenoxy) is 2. The van der Waals surface area contributed by atoms with Crippen LogP contribution in [0.4, 0.5) is 0 Å². The number of carbonyl (C=O) groups is 1. The number of carbonyl (C=O) groups excluding carboxylic acids is 1. The summed E-state index contributed by atoms with van der Waals surface area (Å²) in [6, 6.07) is 7.45. The molecule has 0 fully saturated rings. The van der Waals surface area contributed by atoms with Gasteiger partial charge in [0.25, 0.3) is 0 Å². The highest BCUT2D eigenvalue weighted by atomic mass is 16.7. The molecule has 1 aliphatic rings. The van der Waals surface area contributed by atoms with Gasteiger partial charge in [-0.3, -0.25) is 9.48 Å². The van der Waals surface area contributed by atoms with Gasteiger partial charge in [-0.1, -0.05) is 6.07 Å². The van der Waals surface area contributed by atoms with Crippen LogP contribution in [-0.2, 0) is 11.3 Å². The molecule has 1 aromatic heterocycles. The number of amides is 1. The van der Waals surface area contributed by atoms with Crippen molar-refractivity contribution in [1.82, 2.24) is 15.1 Å². The van der Waals surface area contributed by atoms with Gasteiger partial charge in [0, 0.05) is 31.6 Å². The zero-order valence-electron chi connectivity index (χ0n) is 12.1. The normalized spacial score (nSPS) is 12.7. The third-order valence-electron chi connectivity index (χ3n) is 3.25. The van der Waals surface area contributed by atoms with E-state index in [-0.39, 0.29) is 12.7 Å². The summed E-state index contributed by atoms with van der Waals surface area (Å²) in [5.41, 5.74) is 0.899. The van der Waals surface area contributed by atoms with Crippen molar-refractivity contribution >= 4 is 12.0 Å². The summed E-state index contributed by atoms with van der Waals surface area (Å²) in [6.45, 7) is 1.66. The molecule has 0 unspecified atom stereocenters. The first-order valence-corrected chi connectivity index (χ1v) is 7.14. The lowest BCUT2D eigenvalue weighted by Crippen LogP contribution is -2.23. The number of aromatic nitrogens is 2. The molecule has 0 radical (unpaired) electrons. The second kappa shape index (κ2) is 6.80. The Bertz CT molecular complexity index is 665. The highest BCUT2D eigenvalue weighted by Gasteiger charge is 2.12. The van der Waals surface area contributed by atoms with Crippen LogP contribution in [0.1, 0.15) is 12.0 Å². The quantitative estimate of drug-likeness (QED) is 0.653. The van der Waals surface area contributed by atoms with Crippen LogP contribution in [0.3, 0.4) is 0 Å². The van der Waals surface area contributed by atoms with Gasteiger partial charge in [-0.05, 0) is 36.3 Å². The highest BCUT2D eigenvalue weighted by molar-refractivity contribution is 5.91. The summed E-state index contributed by atoms with van der Waals surface area (Å²) in [4.78, 5) is 11.7. The van der Waals surface area contributed by atoms with Gasteiger partial charge < -0.3 is 14.8 Å². The molecule has 22 heavy (non-hydrogen) atoms. The van der Waals surface area contributed by atoms with E-state index in [2.05, 4.69) is 10.4 Å². The van der Waals surface area contributed by atoms with E-state index in [1.807, 2.05) is 35.1 Å². The van der Waals surface area contributed by atoms with Crippen LogP contribution in [-0.4, -0.2) is 29.0 Å². The predicted octanol–water partition coefficient (Wildman–Crippen LogP) is 1.83. The van der Waals surface area contributed by atoms with Crippen molar-refractivity contribution in [1.29, 1.82) is 0 Å². The zero-order valence-corrected chi connectivity index (χ0v) is 12.1. The van der Waals surface area contributed by atoms with Gasteiger partial charge in [-0.15, -0.1) is 0 Å². The van der Waals surface area contributed by atoms with Crippen molar-refractivity contribution in [2.24, 2.45) is 0 Å².